The van der Waals surface area contributed by atoms with E-state index in [0.29, 0.717) is 5.92 Å². The van der Waals surface area contributed by atoms with E-state index in [4.69, 9.17) is 14.6 Å². The standard InChI is InChI=1S/C31H48O5/c1-6-8-10-11-20-30(19-9-7-2)22-23-31(36-30)21-18-26(5)28(35-31)16-13-24(3)12-15-27(32)25(4)14-17-29(33)34/h6,8,10-15,17,25-28,32H,7,9,16,18-23H2,1-5H3,(H,33,34). The summed E-state index contributed by atoms with van der Waals surface area (Å²) in [5, 5.41) is 19.0. The Morgan fingerprint density at radius 2 is 1.94 bits per heavy atom. The van der Waals surface area contributed by atoms with E-state index < -0.39 is 17.9 Å². The van der Waals surface area contributed by atoms with Crippen LogP contribution in [0.2, 0.25) is 0 Å². The van der Waals surface area contributed by atoms with Gasteiger partial charge in [-0.15, -0.1) is 0 Å². The largest absolute Gasteiger partial charge is 0.478 e. The Balaban J connectivity index is 2.01. The van der Waals surface area contributed by atoms with Gasteiger partial charge in [0.2, 0.25) is 0 Å². The molecule has 6 atom stereocenters. The van der Waals surface area contributed by atoms with Crippen LogP contribution >= 0.6 is 0 Å². The molecule has 36 heavy (non-hydrogen) atoms. The highest BCUT2D eigenvalue weighted by Crippen LogP contribution is 2.50. The molecule has 2 saturated heterocycles. The zero-order valence-electron chi connectivity index (χ0n) is 23.0. The summed E-state index contributed by atoms with van der Waals surface area (Å²) in [6, 6.07) is 0. The Hall–Kier alpha value is -1.95. The van der Waals surface area contributed by atoms with Crippen LogP contribution in [0.1, 0.15) is 92.4 Å². The number of hydrogen-bond acceptors (Lipinski definition) is 4. The lowest BCUT2D eigenvalue weighted by molar-refractivity contribution is -0.298. The highest BCUT2D eigenvalue weighted by Gasteiger charge is 2.52. The van der Waals surface area contributed by atoms with Crippen LogP contribution in [-0.4, -0.2) is 39.8 Å². The summed E-state index contributed by atoms with van der Waals surface area (Å²) < 4.78 is 13.6. The van der Waals surface area contributed by atoms with Crippen molar-refractivity contribution in [2.24, 2.45) is 11.8 Å². The molecule has 0 aromatic heterocycles. The van der Waals surface area contributed by atoms with Crippen molar-refractivity contribution in [2.45, 2.75) is 116 Å². The molecule has 0 aromatic rings. The van der Waals surface area contributed by atoms with Crippen LogP contribution in [0, 0.1) is 11.8 Å². The molecule has 0 aliphatic carbocycles. The minimum Gasteiger partial charge on any atom is -0.478 e. The first kappa shape index (κ1) is 30.3. The number of aliphatic hydroxyl groups excluding tert-OH is 1. The molecule has 0 bridgehead atoms. The topological polar surface area (TPSA) is 76.0 Å². The Morgan fingerprint density at radius 1 is 1.17 bits per heavy atom. The summed E-state index contributed by atoms with van der Waals surface area (Å²) in [5.74, 6) is -1.29. The minimum atomic E-state index is -1.01. The fraction of sp³-hybridized carbons (Fsp3) is 0.645. The molecule has 0 radical (unpaired) electrons. The number of ether oxygens (including phenoxy) is 2. The van der Waals surface area contributed by atoms with Gasteiger partial charge < -0.3 is 19.7 Å². The third kappa shape index (κ3) is 9.49. The molecular weight excluding hydrogens is 452 g/mol. The van der Waals surface area contributed by atoms with E-state index in [-0.39, 0.29) is 17.6 Å². The molecule has 0 aromatic carbocycles. The van der Waals surface area contributed by atoms with E-state index in [0.717, 1.165) is 69.4 Å². The van der Waals surface area contributed by atoms with Gasteiger partial charge in [-0.3, -0.25) is 0 Å². The smallest absolute Gasteiger partial charge is 0.327 e. The molecular formula is C31H48O5. The second-order valence-electron chi connectivity index (χ2n) is 10.7. The van der Waals surface area contributed by atoms with Crippen LogP contribution in [0.15, 0.2) is 60.3 Å². The second-order valence-corrected chi connectivity index (χ2v) is 10.7. The third-order valence-electron chi connectivity index (χ3n) is 7.57. The molecule has 2 rings (SSSR count). The summed E-state index contributed by atoms with van der Waals surface area (Å²) in [4.78, 5) is 10.7. The zero-order chi connectivity index (χ0) is 26.6. The molecule has 2 fully saturated rings. The maximum Gasteiger partial charge on any atom is 0.327 e. The Bertz CT molecular complexity index is 838. The molecule has 0 saturated carbocycles. The van der Waals surface area contributed by atoms with Crippen molar-refractivity contribution in [2.75, 3.05) is 0 Å². The predicted molar refractivity (Wildman–Crippen MR) is 147 cm³/mol. The molecule has 2 aliphatic rings. The van der Waals surface area contributed by atoms with Gasteiger partial charge in [-0.1, -0.05) is 87.8 Å². The first-order chi connectivity index (χ1) is 17.1. The van der Waals surface area contributed by atoms with E-state index in [1.54, 1.807) is 13.0 Å². The van der Waals surface area contributed by atoms with Crippen molar-refractivity contribution in [3.63, 3.8) is 0 Å². The fourth-order valence-corrected chi connectivity index (χ4v) is 5.08. The summed E-state index contributed by atoms with van der Waals surface area (Å²) in [6.07, 6.45) is 25.4. The van der Waals surface area contributed by atoms with E-state index in [9.17, 15) is 9.90 Å². The SMILES string of the molecule is CC=CC=CCC1(CCCC)CCC2(CCC(C)C(CC=C(C)C=CC(O)C(C)C=CC(=O)O)O2)O1. The first-order valence-electron chi connectivity index (χ1n) is 13.7. The number of aliphatic hydroxyl groups is 1. The molecule has 5 heteroatoms. The van der Waals surface area contributed by atoms with Gasteiger partial charge in [-0.25, -0.2) is 4.79 Å². The highest BCUT2D eigenvalue weighted by atomic mass is 16.7. The average Bonchev–Trinajstić information content (AvgIpc) is 3.21. The Labute approximate surface area is 218 Å². The van der Waals surface area contributed by atoms with Gasteiger partial charge in [0.05, 0.1) is 17.8 Å². The first-order valence-corrected chi connectivity index (χ1v) is 13.7. The van der Waals surface area contributed by atoms with Crippen molar-refractivity contribution < 1.29 is 24.5 Å². The normalized spacial score (nSPS) is 31.4. The van der Waals surface area contributed by atoms with Gasteiger partial charge in [-0.05, 0) is 51.9 Å². The van der Waals surface area contributed by atoms with Crippen molar-refractivity contribution >= 4 is 5.97 Å². The van der Waals surface area contributed by atoms with Gasteiger partial charge in [0.15, 0.2) is 5.79 Å². The second kappa shape index (κ2) is 14.7. The van der Waals surface area contributed by atoms with Gasteiger partial charge in [0.25, 0.3) is 0 Å². The monoisotopic (exact) mass is 500 g/mol. The van der Waals surface area contributed by atoms with E-state index >= 15 is 0 Å². The lowest BCUT2D eigenvalue weighted by Gasteiger charge is -2.43. The number of aliphatic carboxylic acids is 1. The number of unbranched alkanes of at least 4 members (excludes halogenated alkanes) is 1. The van der Waals surface area contributed by atoms with E-state index in [1.165, 1.54) is 6.08 Å². The zero-order valence-corrected chi connectivity index (χ0v) is 23.0. The molecule has 2 N–H and O–H groups in total. The van der Waals surface area contributed by atoms with Crippen LogP contribution in [-0.2, 0) is 14.3 Å². The maximum atomic E-state index is 10.7. The van der Waals surface area contributed by atoms with Crippen molar-refractivity contribution in [3.8, 4) is 0 Å². The van der Waals surface area contributed by atoms with Crippen molar-refractivity contribution in [1.82, 2.24) is 0 Å². The van der Waals surface area contributed by atoms with Crippen LogP contribution in [0.4, 0.5) is 0 Å². The number of allylic oxidation sites excluding steroid dienone is 5. The molecule has 202 valence electrons. The highest BCUT2D eigenvalue weighted by molar-refractivity contribution is 5.79. The molecule has 5 nitrogen and oxygen atoms in total. The van der Waals surface area contributed by atoms with Crippen LogP contribution in [0.3, 0.4) is 0 Å². The summed E-state index contributed by atoms with van der Waals surface area (Å²) in [6.45, 7) is 10.3. The lowest BCUT2D eigenvalue weighted by Crippen LogP contribution is -2.46. The summed E-state index contributed by atoms with van der Waals surface area (Å²) in [7, 11) is 0. The van der Waals surface area contributed by atoms with Crippen LogP contribution in [0.25, 0.3) is 0 Å². The molecule has 2 heterocycles. The fourth-order valence-electron chi connectivity index (χ4n) is 5.08. The third-order valence-corrected chi connectivity index (χ3v) is 7.57. The van der Waals surface area contributed by atoms with Crippen molar-refractivity contribution in [1.29, 1.82) is 0 Å². The minimum absolute atomic E-state index is 0.102. The summed E-state index contributed by atoms with van der Waals surface area (Å²) >= 11 is 0. The predicted octanol–water partition coefficient (Wildman–Crippen LogP) is 7.29. The van der Waals surface area contributed by atoms with Crippen molar-refractivity contribution in [3.05, 3.63) is 60.3 Å². The quantitative estimate of drug-likeness (QED) is 0.205. The van der Waals surface area contributed by atoms with Gasteiger partial charge in [0, 0.05) is 24.8 Å². The van der Waals surface area contributed by atoms with E-state index in [2.05, 4.69) is 38.2 Å². The number of carbonyl (C=O) groups is 1. The molecule has 6 unspecified atom stereocenters. The number of carboxylic acids is 1. The van der Waals surface area contributed by atoms with Gasteiger partial charge in [-0.2, -0.15) is 0 Å². The Morgan fingerprint density at radius 3 is 2.64 bits per heavy atom. The van der Waals surface area contributed by atoms with Crippen LogP contribution in [0.5, 0.6) is 0 Å². The molecule has 2 aliphatic heterocycles. The van der Waals surface area contributed by atoms with E-state index in [1.807, 2.05) is 26.0 Å². The number of hydrogen-bond donors (Lipinski definition) is 2. The average molecular weight is 501 g/mol. The number of carboxylic acid groups (broad SMARTS) is 1. The molecule has 0 amide bonds. The molecule has 1 spiro atoms. The maximum absolute atomic E-state index is 10.7. The Kier molecular flexibility index (Phi) is 12.4. The lowest BCUT2D eigenvalue weighted by atomic mass is 9.87. The van der Waals surface area contributed by atoms with Crippen LogP contribution < -0.4 is 0 Å². The summed E-state index contributed by atoms with van der Waals surface area (Å²) in [5.41, 5.74) is 0.924. The van der Waals surface area contributed by atoms with Gasteiger partial charge in [0.1, 0.15) is 0 Å². The number of rotatable bonds is 13. The van der Waals surface area contributed by atoms with Gasteiger partial charge >= 0.3 is 5.97 Å².